The second-order valence-electron chi connectivity index (χ2n) is 7.39. The van der Waals surface area contributed by atoms with Crippen molar-refractivity contribution in [3.8, 4) is 0 Å². The highest BCUT2D eigenvalue weighted by atomic mass is 32.2. The summed E-state index contributed by atoms with van der Waals surface area (Å²) < 4.78 is 40.5. The highest BCUT2D eigenvalue weighted by Crippen LogP contribution is 2.29. The van der Waals surface area contributed by atoms with Gasteiger partial charge in [0.25, 0.3) is 0 Å². The van der Waals surface area contributed by atoms with Crippen LogP contribution < -0.4 is 0 Å². The van der Waals surface area contributed by atoms with E-state index < -0.39 is 15.8 Å². The molecule has 0 spiro atoms. The van der Waals surface area contributed by atoms with Crippen molar-refractivity contribution in [2.45, 2.75) is 31.1 Å². The van der Waals surface area contributed by atoms with Gasteiger partial charge < -0.3 is 4.90 Å². The molecular weight excluding hydrogens is 369 g/mol. The SMILES string of the molecule is CCCN(CC(=O)N1CCN(S(=O)(=O)c2ccccc2F)CC1)CC1CC1. The van der Waals surface area contributed by atoms with Crippen molar-refractivity contribution in [1.29, 1.82) is 0 Å². The minimum Gasteiger partial charge on any atom is -0.339 e. The Labute approximate surface area is 161 Å². The molecule has 150 valence electrons. The summed E-state index contributed by atoms with van der Waals surface area (Å²) in [6, 6.07) is 5.41. The van der Waals surface area contributed by atoms with Crippen LogP contribution in [0.2, 0.25) is 0 Å². The van der Waals surface area contributed by atoms with Gasteiger partial charge in [0.2, 0.25) is 15.9 Å². The van der Waals surface area contributed by atoms with Crippen LogP contribution >= 0.6 is 0 Å². The first-order chi connectivity index (χ1) is 12.9. The number of nitrogens with zero attached hydrogens (tertiary/aromatic N) is 3. The molecule has 0 bridgehead atoms. The smallest absolute Gasteiger partial charge is 0.246 e. The summed E-state index contributed by atoms with van der Waals surface area (Å²) in [5.41, 5.74) is 0. The molecule has 3 rings (SSSR count). The van der Waals surface area contributed by atoms with E-state index in [0.717, 1.165) is 31.5 Å². The van der Waals surface area contributed by atoms with Gasteiger partial charge in [-0.25, -0.2) is 12.8 Å². The van der Waals surface area contributed by atoms with Crippen LogP contribution in [0.25, 0.3) is 0 Å². The van der Waals surface area contributed by atoms with Crippen molar-refractivity contribution in [2.24, 2.45) is 5.92 Å². The first-order valence-electron chi connectivity index (χ1n) is 9.66. The summed E-state index contributed by atoms with van der Waals surface area (Å²) in [6.07, 6.45) is 3.51. The number of sulfonamides is 1. The molecule has 1 amide bonds. The van der Waals surface area contributed by atoms with Crippen molar-refractivity contribution >= 4 is 15.9 Å². The number of piperazine rings is 1. The average Bonchev–Trinajstić information content (AvgIpc) is 3.46. The van der Waals surface area contributed by atoms with E-state index in [9.17, 15) is 17.6 Å². The highest BCUT2D eigenvalue weighted by molar-refractivity contribution is 7.89. The van der Waals surface area contributed by atoms with Gasteiger partial charge in [0.15, 0.2) is 0 Å². The third-order valence-corrected chi connectivity index (χ3v) is 7.09. The summed E-state index contributed by atoms with van der Waals surface area (Å²) in [5, 5.41) is 0. The van der Waals surface area contributed by atoms with E-state index in [4.69, 9.17) is 0 Å². The molecule has 0 N–H and O–H groups in total. The lowest BCUT2D eigenvalue weighted by Gasteiger charge is -2.35. The topological polar surface area (TPSA) is 60.9 Å². The van der Waals surface area contributed by atoms with Crippen LogP contribution in [0, 0.1) is 11.7 Å². The monoisotopic (exact) mass is 397 g/mol. The summed E-state index contributed by atoms with van der Waals surface area (Å²) in [7, 11) is -3.87. The summed E-state index contributed by atoms with van der Waals surface area (Å²) in [4.78, 5) is 16.3. The van der Waals surface area contributed by atoms with Crippen molar-refractivity contribution in [3.63, 3.8) is 0 Å². The maximum Gasteiger partial charge on any atom is 0.246 e. The Balaban J connectivity index is 1.56. The van der Waals surface area contributed by atoms with Crippen LogP contribution in [-0.2, 0) is 14.8 Å². The molecule has 1 aromatic rings. The van der Waals surface area contributed by atoms with E-state index in [-0.39, 0.29) is 23.9 Å². The zero-order valence-corrected chi connectivity index (χ0v) is 16.6. The largest absolute Gasteiger partial charge is 0.339 e. The minimum atomic E-state index is -3.87. The first-order valence-corrected chi connectivity index (χ1v) is 11.1. The Morgan fingerprint density at radius 1 is 1.19 bits per heavy atom. The number of carbonyl (C=O) groups excluding carboxylic acids is 1. The maximum atomic E-state index is 13.9. The van der Waals surface area contributed by atoms with Crippen LogP contribution in [0.5, 0.6) is 0 Å². The number of hydrogen-bond donors (Lipinski definition) is 0. The molecule has 1 saturated carbocycles. The minimum absolute atomic E-state index is 0.0482. The molecule has 1 aliphatic heterocycles. The predicted molar refractivity (Wildman–Crippen MR) is 101 cm³/mol. The number of halogens is 1. The lowest BCUT2D eigenvalue weighted by Crippen LogP contribution is -2.52. The molecule has 0 atom stereocenters. The highest BCUT2D eigenvalue weighted by Gasteiger charge is 2.32. The van der Waals surface area contributed by atoms with Crippen LogP contribution in [-0.4, -0.2) is 74.2 Å². The van der Waals surface area contributed by atoms with Gasteiger partial charge in [0, 0.05) is 32.7 Å². The number of carbonyl (C=O) groups is 1. The van der Waals surface area contributed by atoms with Gasteiger partial charge in [-0.05, 0) is 43.9 Å². The van der Waals surface area contributed by atoms with Gasteiger partial charge in [-0.1, -0.05) is 19.1 Å². The molecular formula is C19H28FN3O3S. The maximum absolute atomic E-state index is 13.9. The van der Waals surface area contributed by atoms with E-state index in [1.165, 1.54) is 35.3 Å². The van der Waals surface area contributed by atoms with E-state index >= 15 is 0 Å². The van der Waals surface area contributed by atoms with Gasteiger partial charge in [0.1, 0.15) is 10.7 Å². The second kappa shape index (κ2) is 8.67. The molecule has 27 heavy (non-hydrogen) atoms. The molecule has 0 aromatic heterocycles. The molecule has 1 aromatic carbocycles. The molecule has 2 aliphatic rings. The Morgan fingerprint density at radius 2 is 1.85 bits per heavy atom. The normalized spacial score (nSPS) is 18.9. The van der Waals surface area contributed by atoms with Crippen molar-refractivity contribution in [3.05, 3.63) is 30.1 Å². The van der Waals surface area contributed by atoms with Gasteiger partial charge in [-0.2, -0.15) is 4.31 Å². The van der Waals surface area contributed by atoms with Crippen LogP contribution in [0.15, 0.2) is 29.2 Å². The Kier molecular flexibility index (Phi) is 6.49. The summed E-state index contributed by atoms with van der Waals surface area (Å²) in [5.74, 6) is 0.0328. The molecule has 0 radical (unpaired) electrons. The lowest BCUT2D eigenvalue weighted by atomic mass is 10.3. The van der Waals surface area contributed by atoms with E-state index in [1.54, 1.807) is 4.90 Å². The van der Waals surface area contributed by atoms with E-state index in [0.29, 0.717) is 19.6 Å². The summed E-state index contributed by atoms with van der Waals surface area (Å²) in [6.45, 7) is 5.45. The molecule has 1 heterocycles. The fourth-order valence-corrected chi connectivity index (χ4v) is 4.97. The average molecular weight is 398 g/mol. The van der Waals surface area contributed by atoms with Crippen LogP contribution in [0.1, 0.15) is 26.2 Å². The van der Waals surface area contributed by atoms with Crippen LogP contribution in [0.3, 0.4) is 0 Å². The summed E-state index contributed by atoms with van der Waals surface area (Å²) >= 11 is 0. The van der Waals surface area contributed by atoms with Gasteiger partial charge in [0.05, 0.1) is 6.54 Å². The quantitative estimate of drug-likeness (QED) is 0.671. The predicted octanol–water partition coefficient (Wildman–Crippen LogP) is 1.78. The number of benzene rings is 1. The number of rotatable bonds is 8. The fraction of sp³-hybridized carbons (Fsp3) is 0.632. The Bertz CT molecular complexity index is 759. The van der Waals surface area contributed by atoms with Crippen molar-refractivity contribution < 1.29 is 17.6 Å². The number of hydrogen-bond acceptors (Lipinski definition) is 4. The molecule has 1 aliphatic carbocycles. The Hall–Kier alpha value is -1.51. The Morgan fingerprint density at radius 3 is 2.44 bits per heavy atom. The van der Waals surface area contributed by atoms with Gasteiger partial charge in [-0.3, -0.25) is 9.69 Å². The van der Waals surface area contributed by atoms with Crippen molar-refractivity contribution in [1.82, 2.24) is 14.1 Å². The second-order valence-corrected chi connectivity index (χ2v) is 9.30. The fourth-order valence-electron chi connectivity index (χ4n) is 3.48. The molecule has 2 fully saturated rings. The van der Waals surface area contributed by atoms with E-state index in [2.05, 4.69) is 11.8 Å². The third kappa shape index (κ3) is 5.06. The third-order valence-electron chi connectivity index (χ3n) is 5.16. The molecule has 6 nitrogen and oxygen atoms in total. The van der Waals surface area contributed by atoms with Gasteiger partial charge >= 0.3 is 0 Å². The lowest BCUT2D eigenvalue weighted by molar-refractivity contribution is -0.133. The number of amides is 1. The van der Waals surface area contributed by atoms with E-state index in [1.807, 2.05) is 0 Å². The van der Waals surface area contributed by atoms with Crippen molar-refractivity contribution in [2.75, 3.05) is 45.8 Å². The zero-order chi connectivity index (χ0) is 19.4. The van der Waals surface area contributed by atoms with Gasteiger partial charge in [-0.15, -0.1) is 0 Å². The molecule has 8 heteroatoms. The molecule has 1 saturated heterocycles. The molecule has 0 unspecified atom stereocenters. The van der Waals surface area contributed by atoms with Crippen LogP contribution in [0.4, 0.5) is 4.39 Å². The zero-order valence-electron chi connectivity index (χ0n) is 15.8. The standard InChI is InChI=1S/C19H28FN3O3S/c1-2-9-21(14-16-7-8-16)15-19(24)22-10-12-23(13-11-22)27(25,26)18-6-4-3-5-17(18)20/h3-6,16H,2,7-15H2,1H3. The first kappa shape index (κ1) is 20.2.